The number of hydrogen-bond acceptors (Lipinski definition) is 3. The van der Waals surface area contributed by atoms with Crippen molar-refractivity contribution < 1.29 is 20.1 Å². The Morgan fingerprint density at radius 2 is 1.71 bits per heavy atom. The predicted molar refractivity (Wildman–Crippen MR) is 122 cm³/mol. The maximum Gasteiger partial charge on any atom is 0.330 e. The Morgan fingerprint density at radius 3 is 2.42 bits per heavy atom. The number of carbonyl (C=O) groups is 1. The minimum Gasteiger partial charge on any atom is -0.478 e. The first-order valence-electron chi connectivity index (χ1n) is 12.8. The van der Waals surface area contributed by atoms with Crippen molar-refractivity contribution in [1.82, 2.24) is 0 Å². The van der Waals surface area contributed by atoms with E-state index in [2.05, 4.69) is 27.4 Å². The molecule has 0 aliphatic heterocycles. The highest BCUT2D eigenvalue weighted by molar-refractivity contribution is 5.85. The molecule has 0 aromatic rings. The maximum absolute atomic E-state index is 11.3. The van der Waals surface area contributed by atoms with Crippen LogP contribution in [-0.2, 0) is 4.79 Å². The molecule has 4 saturated carbocycles. The SMILES string of the molecule is C=C(CCC[C@@H](C)[C@H]1CC[C@H]2[C@@H]3[C@H](O)CC4C[C@@H](O)CC[C@]4(C)[C@H]3CC[C@]12C)C(=O)O. The molecule has 31 heavy (non-hydrogen) atoms. The van der Waals surface area contributed by atoms with Crippen LogP contribution in [0.3, 0.4) is 0 Å². The molecule has 4 aliphatic carbocycles. The average molecular weight is 433 g/mol. The Balaban J connectivity index is 1.46. The molecule has 4 aliphatic rings. The number of aliphatic hydroxyl groups is 2. The van der Waals surface area contributed by atoms with Gasteiger partial charge in [0.1, 0.15) is 0 Å². The van der Waals surface area contributed by atoms with Gasteiger partial charge in [-0.1, -0.05) is 33.8 Å². The summed E-state index contributed by atoms with van der Waals surface area (Å²) in [4.78, 5) is 11.0. The van der Waals surface area contributed by atoms with Crippen molar-refractivity contribution >= 4 is 5.97 Å². The molecule has 1 unspecified atom stereocenters. The van der Waals surface area contributed by atoms with Gasteiger partial charge in [-0.2, -0.15) is 0 Å². The predicted octanol–water partition coefficient (Wildman–Crippen LogP) is 5.42. The summed E-state index contributed by atoms with van der Waals surface area (Å²) in [7, 11) is 0. The van der Waals surface area contributed by atoms with Gasteiger partial charge in [0.25, 0.3) is 0 Å². The summed E-state index contributed by atoms with van der Waals surface area (Å²) in [6, 6.07) is 0. The van der Waals surface area contributed by atoms with Crippen molar-refractivity contribution in [2.24, 2.45) is 46.3 Å². The molecular formula is C27H44O4. The van der Waals surface area contributed by atoms with Gasteiger partial charge in [-0.3, -0.25) is 0 Å². The van der Waals surface area contributed by atoms with E-state index in [0.29, 0.717) is 52.9 Å². The van der Waals surface area contributed by atoms with Gasteiger partial charge in [-0.05, 0) is 111 Å². The number of carboxylic acid groups (broad SMARTS) is 1. The molecule has 0 bridgehead atoms. The van der Waals surface area contributed by atoms with E-state index in [9.17, 15) is 15.0 Å². The van der Waals surface area contributed by atoms with Crippen LogP contribution >= 0.6 is 0 Å². The van der Waals surface area contributed by atoms with Crippen molar-refractivity contribution in [1.29, 1.82) is 0 Å². The van der Waals surface area contributed by atoms with Gasteiger partial charge in [0.05, 0.1) is 12.2 Å². The second-order valence-electron chi connectivity index (χ2n) is 12.2. The van der Waals surface area contributed by atoms with Crippen molar-refractivity contribution in [3.63, 3.8) is 0 Å². The zero-order valence-corrected chi connectivity index (χ0v) is 19.9. The Labute approximate surface area is 188 Å². The lowest BCUT2D eigenvalue weighted by atomic mass is 9.43. The van der Waals surface area contributed by atoms with Gasteiger partial charge in [0.15, 0.2) is 0 Å². The van der Waals surface area contributed by atoms with E-state index in [1.807, 2.05) is 0 Å². The number of aliphatic carboxylic acids is 1. The largest absolute Gasteiger partial charge is 0.478 e. The van der Waals surface area contributed by atoms with E-state index in [1.165, 1.54) is 25.7 Å². The van der Waals surface area contributed by atoms with E-state index in [1.54, 1.807) is 0 Å². The van der Waals surface area contributed by atoms with E-state index in [-0.39, 0.29) is 17.6 Å². The zero-order chi connectivity index (χ0) is 22.6. The third kappa shape index (κ3) is 3.90. The molecule has 176 valence electrons. The standard InChI is InChI=1S/C27H44O4/c1-16(6-5-7-17(2)25(30)31)20-8-9-21-24-22(11-13-27(20,21)4)26(3)12-10-19(28)14-18(26)15-23(24)29/h16,18-24,28-29H,2,5-15H2,1,3-4H3,(H,30,31)/t16-,18?,19+,20-,21+,22+,23-,24+,26+,27-/m1/s1. The second kappa shape index (κ2) is 8.48. The van der Waals surface area contributed by atoms with E-state index < -0.39 is 5.97 Å². The highest BCUT2D eigenvalue weighted by atomic mass is 16.4. The minimum absolute atomic E-state index is 0.176. The molecule has 0 heterocycles. The van der Waals surface area contributed by atoms with Crippen LogP contribution in [0.15, 0.2) is 12.2 Å². The Kier molecular flexibility index (Phi) is 6.37. The lowest BCUT2D eigenvalue weighted by molar-refractivity contribution is -0.174. The van der Waals surface area contributed by atoms with Crippen LogP contribution in [0.2, 0.25) is 0 Å². The van der Waals surface area contributed by atoms with Gasteiger partial charge in [0, 0.05) is 5.57 Å². The second-order valence-corrected chi connectivity index (χ2v) is 12.2. The first kappa shape index (κ1) is 23.3. The first-order valence-corrected chi connectivity index (χ1v) is 12.8. The Morgan fingerprint density at radius 1 is 1.03 bits per heavy atom. The zero-order valence-electron chi connectivity index (χ0n) is 19.9. The third-order valence-corrected chi connectivity index (χ3v) is 10.9. The van der Waals surface area contributed by atoms with Crippen LogP contribution in [0.5, 0.6) is 0 Å². The lowest BCUT2D eigenvalue weighted by Crippen LogP contribution is -2.58. The fraction of sp³-hybridized carbons (Fsp3) is 0.889. The van der Waals surface area contributed by atoms with E-state index in [4.69, 9.17) is 5.11 Å². The van der Waals surface area contributed by atoms with Crippen LogP contribution in [-0.4, -0.2) is 33.5 Å². The molecule has 0 aromatic carbocycles. The van der Waals surface area contributed by atoms with Crippen LogP contribution in [0.4, 0.5) is 0 Å². The monoisotopic (exact) mass is 432 g/mol. The van der Waals surface area contributed by atoms with Crippen molar-refractivity contribution in [2.45, 2.75) is 104 Å². The summed E-state index contributed by atoms with van der Waals surface area (Å²) in [5.41, 5.74) is 0.905. The van der Waals surface area contributed by atoms with E-state index in [0.717, 1.165) is 38.5 Å². The molecule has 4 fully saturated rings. The molecule has 3 N–H and O–H groups in total. The van der Waals surface area contributed by atoms with Gasteiger partial charge in [-0.25, -0.2) is 4.79 Å². The summed E-state index contributed by atoms with van der Waals surface area (Å²) in [6.07, 6.45) is 10.9. The molecule has 4 rings (SSSR count). The smallest absolute Gasteiger partial charge is 0.330 e. The topological polar surface area (TPSA) is 77.8 Å². The molecule has 0 aromatic heterocycles. The highest BCUT2D eigenvalue weighted by Gasteiger charge is 2.62. The van der Waals surface area contributed by atoms with Crippen LogP contribution < -0.4 is 0 Å². The number of carboxylic acids is 1. The highest BCUT2D eigenvalue weighted by Crippen LogP contribution is 2.68. The lowest BCUT2D eigenvalue weighted by Gasteiger charge is -2.62. The minimum atomic E-state index is -0.868. The quantitative estimate of drug-likeness (QED) is 0.490. The number of rotatable bonds is 6. The molecule has 4 heteroatoms. The van der Waals surface area contributed by atoms with Gasteiger partial charge < -0.3 is 15.3 Å². The van der Waals surface area contributed by atoms with Crippen LogP contribution in [0, 0.1) is 46.3 Å². The molecule has 10 atom stereocenters. The number of aliphatic hydroxyl groups excluding tert-OH is 2. The van der Waals surface area contributed by atoms with Gasteiger partial charge in [0.2, 0.25) is 0 Å². The fourth-order valence-corrected chi connectivity index (χ4v) is 9.12. The van der Waals surface area contributed by atoms with Crippen molar-refractivity contribution in [3.8, 4) is 0 Å². The van der Waals surface area contributed by atoms with Crippen LogP contribution in [0.1, 0.15) is 91.4 Å². The normalized spacial score (nSPS) is 47.7. The summed E-state index contributed by atoms with van der Waals surface area (Å²) in [5.74, 6) is 2.47. The molecule has 0 radical (unpaired) electrons. The summed E-state index contributed by atoms with van der Waals surface area (Å²) >= 11 is 0. The number of fused-ring (bicyclic) bond motifs is 5. The fourth-order valence-electron chi connectivity index (χ4n) is 9.12. The van der Waals surface area contributed by atoms with E-state index >= 15 is 0 Å². The molecule has 0 spiro atoms. The van der Waals surface area contributed by atoms with Crippen molar-refractivity contribution in [3.05, 3.63) is 12.2 Å². The number of hydrogen-bond donors (Lipinski definition) is 3. The average Bonchev–Trinajstić information content (AvgIpc) is 3.06. The molecular weight excluding hydrogens is 388 g/mol. The van der Waals surface area contributed by atoms with Gasteiger partial charge >= 0.3 is 5.97 Å². The summed E-state index contributed by atoms with van der Waals surface area (Å²) in [6.45, 7) is 11.0. The van der Waals surface area contributed by atoms with Crippen molar-refractivity contribution in [2.75, 3.05) is 0 Å². The summed E-state index contributed by atoms with van der Waals surface area (Å²) in [5, 5.41) is 30.7. The van der Waals surface area contributed by atoms with Crippen LogP contribution in [0.25, 0.3) is 0 Å². The molecule has 0 saturated heterocycles. The Hall–Kier alpha value is -0.870. The van der Waals surface area contributed by atoms with Gasteiger partial charge in [-0.15, -0.1) is 0 Å². The molecule has 0 amide bonds. The molecule has 4 nitrogen and oxygen atoms in total. The summed E-state index contributed by atoms with van der Waals surface area (Å²) < 4.78 is 0. The Bertz CT molecular complexity index is 703. The maximum atomic E-state index is 11.3. The third-order valence-electron chi connectivity index (χ3n) is 10.9. The first-order chi connectivity index (χ1) is 14.6.